The van der Waals surface area contributed by atoms with Gasteiger partial charge in [0.15, 0.2) is 0 Å². The van der Waals surface area contributed by atoms with Crippen molar-refractivity contribution >= 4 is 27.3 Å². The van der Waals surface area contributed by atoms with E-state index in [4.69, 9.17) is 9.47 Å². The van der Waals surface area contributed by atoms with Gasteiger partial charge in [0, 0.05) is 11.6 Å². The first-order chi connectivity index (χ1) is 14.5. The molecule has 0 saturated heterocycles. The van der Waals surface area contributed by atoms with Crippen LogP contribution in [-0.4, -0.2) is 46.3 Å². The van der Waals surface area contributed by atoms with Crippen molar-refractivity contribution in [1.82, 2.24) is 5.32 Å². The van der Waals surface area contributed by atoms with Crippen molar-refractivity contribution in [2.75, 3.05) is 31.3 Å². The summed E-state index contributed by atoms with van der Waals surface area (Å²) < 4.78 is 36.1. The minimum absolute atomic E-state index is 0.0680. The molecule has 2 aromatic carbocycles. The maximum Gasteiger partial charge on any atom is 0.274 e. The van der Waals surface area contributed by atoms with Crippen LogP contribution in [0.5, 0.6) is 11.5 Å². The Morgan fingerprint density at radius 1 is 1.23 bits per heavy atom. The number of rotatable bonds is 9. The molecule has 31 heavy (non-hydrogen) atoms. The molecule has 0 saturated carbocycles. The largest absolute Gasteiger partial charge is 0.497 e. The first-order valence-electron chi connectivity index (χ1n) is 9.22. The van der Waals surface area contributed by atoms with Gasteiger partial charge in [0.1, 0.15) is 18.0 Å². The van der Waals surface area contributed by atoms with Gasteiger partial charge in [-0.05, 0) is 38.1 Å². The molecule has 10 nitrogen and oxygen atoms in total. The molecule has 1 N–H and O–H groups in total. The van der Waals surface area contributed by atoms with Gasteiger partial charge in [-0.3, -0.25) is 19.2 Å². The third kappa shape index (κ3) is 5.63. The van der Waals surface area contributed by atoms with Gasteiger partial charge in [-0.25, -0.2) is 8.42 Å². The van der Waals surface area contributed by atoms with Gasteiger partial charge in [0.2, 0.25) is 15.9 Å². The third-order valence-electron chi connectivity index (χ3n) is 4.71. The van der Waals surface area contributed by atoms with Crippen LogP contribution in [0, 0.1) is 17.0 Å². The molecule has 11 heteroatoms. The summed E-state index contributed by atoms with van der Waals surface area (Å²) in [5, 5.41) is 14.0. The number of sulfonamides is 1. The Morgan fingerprint density at radius 3 is 2.45 bits per heavy atom. The van der Waals surface area contributed by atoms with E-state index in [1.807, 2.05) is 0 Å². The Kier molecular flexibility index (Phi) is 7.45. The van der Waals surface area contributed by atoms with E-state index in [0.29, 0.717) is 17.1 Å². The molecule has 0 spiro atoms. The number of nitro groups is 1. The second-order valence-electron chi connectivity index (χ2n) is 6.85. The van der Waals surface area contributed by atoms with E-state index in [1.165, 1.54) is 39.3 Å². The van der Waals surface area contributed by atoms with Crippen molar-refractivity contribution in [2.24, 2.45) is 0 Å². The maximum absolute atomic E-state index is 12.7. The van der Waals surface area contributed by atoms with Gasteiger partial charge in [-0.2, -0.15) is 0 Å². The van der Waals surface area contributed by atoms with E-state index in [9.17, 15) is 23.3 Å². The highest BCUT2D eigenvalue weighted by Gasteiger charge is 2.26. The number of hydrogen-bond acceptors (Lipinski definition) is 7. The molecule has 0 unspecified atom stereocenters. The van der Waals surface area contributed by atoms with Gasteiger partial charge in [-0.1, -0.05) is 6.07 Å². The lowest BCUT2D eigenvalue weighted by Gasteiger charge is -2.25. The second-order valence-corrected chi connectivity index (χ2v) is 8.75. The Morgan fingerprint density at radius 2 is 1.90 bits per heavy atom. The van der Waals surface area contributed by atoms with Crippen molar-refractivity contribution in [1.29, 1.82) is 0 Å². The number of nitrogens with one attached hydrogen (secondary N) is 1. The molecule has 1 amide bonds. The zero-order valence-electron chi connectivity index (χ0n) is 17.9. The minimum Gasteiger partial charge on any atom is -0.497 e. The molecule has 2 rings (SSSR count). The zero-order chi connectivity index (χ0) is 23.3. The number of anilines is 1. The van der Waals surface area contributed by atoms with Crippen LogP contribution >= 0.6 is 0 Å². The monoisotopic (exact) mass is 451 g/mol. The number of hydrogen-bond donors (Lipinski definition) is 1. The van der Waals surface area contributed by atoms with E-state index >= 15 is 0 Å². The fourth-order valence-electron chi connectivity index (χ4n) is 3.13. The van der Waals surface area contributed by atoms with Gasteiger partial charge < -0.3 is 14.8 Å². The highest BCUT2D eigenvalue weighted by atomic mass is 32.2. The molecule has 0 aliphatic carbocycles. The molecule has 0 radical (unpaired) electrons. The first-order valence-corrected chi connectivity index (χ1v) is 11.1. The van der Waals surface area contributed by atoms with Gasteiger partial charge in [0.25, 0.3) is 5.69 Å². The average Bonchev–Trinajstić information content (AvgIpc) is 2.70. The van der Waals surface area contributed by atoms with Crippen LogP contribution in [-0.2, 0) is 14.8 Å². The van der Waals surface area contributed by atoms with Crippen LogP contribution in [0.25, 0.3) is 0 Å². The lowest BCUT2D eigenvalue weighted by Crippen LogP contribution is -2.41. The summed E-state index contributed by atoms with van der Waals surface area (Å²) in [5.41, 5.74) is 0.625. The lowest BCUT2D eigenvalue weighted by molar-refractivity contribution is -0.385. The number of carbonyl (C=O) groups is 1. The third-order valence-corrected chi connectivity index (χ3v) is 5.84. The van der Waals surface area contributed by atoms with Crippen LogP contribution in [0.1, 0.15) is 24.1 Å². The van der Waals surface area contributed by atoms with Gasteiger partial charge >= 0.3 is 0 Å². The zero-order valence-corrected chi connectivity index (χ0v) is 18.7. The number of carbonyl (C=O) groups excluding carboxylic acids is 1. The number of ether oxygens (including phenoxy) is 2. The summed E-state index contributed by atoms with van der Waals surface area (Å²) in [7, 11) is -0.886. The van der Waals surface area contributed by atoms with E-state index in [0.717, 1.165) is 10.6 Å². The molecule has 0 aliphatic rings. The fourth-order valence-corrected chi connectivity index (χ4v) is 4.04. The Hall–Kier alpha value is -3.34. The van der Waals surface area contributed by atoms with Crippen LogP contribution in [0.2, 0.25) is 0 Å². The molecule has 168 valence electrons. The predicted molar refractivity (Wildman–Crippen MR) is 116 cm³/mol. The van der Waals surface area contributed by atoms with Crippen molar-refractivity contribution < 1.29 is 27.6 Å². The number of methoxy groups -OCH3 is 2. The van der Waals surface area contributed by atoms with Gasteiger partial charge in [-0.15, -0.1) is 0 Å². The predicted octanol–water partition coefficient (Wildman–Crippen LogP) is 2.56. The van der Waals surface area contributed by atoms with Crippen molar-refractivity contribution in [2.45, 2.75) is 19.9 Å². The first kappa shape index (κ1) is 23.9. The second kappa shape index (κ2) is 9.65. The summed E-state index contributed by atoms with van der Waals surface area (Å²) in [4.78, 5) is 23.3. The van der Waals surface area contributed by atoms with E-state index < -0.39 is 33.4 Å². The number of nitro benzene ring substituents is 1. The number of nitrogens with zero attached hydrogens (tertiary/aromatic N) is 2. The Bertz CT molecular complexity index is 1090. The SMILES string of the molecule is COc1ccc(OC)c([C@H](C)NC(=O)CN(c2cccc([N+](=O)[O-])c2C)S(C)(=O)=O)c1. The molecular formula is C20H25N3O7S. The number of benzene rings is 2. The van der Waals surface area contributed by atoms with E-state index in [2.05, 4.69) is 5.32 Å². The highest BCUT2D eigenvalue weighted by Crippen LogP contribution is 2.31. The van der Waals surface area contributed by atoms with Crippen molar-refractivity contribution in [3.63, 3.8) is 0 Å². The molecule has 2 aromatic rings. The molecule has 0 heterocycles. The average molecular weight is 452 g/mol. The molecule has 0 bridgehead atoms. The van der Waals surface area contributed by atoms with E-state index in [-0.39, 0.29) is 16.9 Å². The maximum atomic E-state index is 12.7. The fraction of sp³-hybridized carbons (Fsp3) is 0.350. The normalized spacial score (nSPS) is 12.0. The quantitative estimate of drug-likeness (QED) is 0.458. The topological polar surface area (TPSA) is 128 Å². The summed E-state index contributed by atoms with van der Waals surface area (Å²) in [6, 6.07) is 8.68. The smallest absolute Gasteiger partial charge is 0.274 e. The highest BCUT2D eigenvalue weighted by molar-refractivity contribution is 7.92. The Balaban J connectivity index is 2.32. The van der Waals surface area contributed by atoms with Crippen molar-refractivity contribution in [3.8, 4) is 11.5 Å². The van der Waals surface area contributed by atoms with Crippen molar-refractivity contribution in [3.05, 3.63) is 57.6 Å². The molecule has 0 aliphatic heterocycles. The molecule has 0 aromatic heterocycles. The Labute approximate surface area is 181 Å². The summed E-state index contributed by atoms with van der Waals surface area (Å²) in [5.74, 6) is 0.513. The van der Waals surface area contributed by atoms with Crippen LogP contribution in [0.15, 0.2) is 36.4 Å². The molecule has 0 fully saturated rings. The molecule has 1 atom stereocenters. The standard InChI is InChI=1S/C20H25N3O7S/c1-13-17(7-6-8-18(13)23(25)26)22(31(5,27)28)12-20(24)21-14(2)16-11-15(29-3)9-10-19(16)30-4/h6-11,14H,12H2,1-5H3,(H,21,24)/t14-/m0/s1. The number of amides is 1. The van der Waals surface area contributed by atoms with Crippen LogP contribution in [0.4, 0.5) is 11.4 Å². The lowest BCUT2D eigenvalue weighted by atomic mass is 10.1. The summed E-state index contributed by atoms with van der Waals surface area (Å²) in [6.45, 7) is 2.61. The van der Waals surface area contributed by atoms with Crippen LogP contribution < -0.4 is 19.1 Å². The summed E-state index contributed by atoms with van der Waals surface area (Å²) >= 11 is 0. The summed E-state index contributed by atoms with van der Waals surface area (Å²) in [6.07, 6.45) is 0.938. The minimum atomic E-state index is -3.90. The van der Waals surface area contributed by atoms with E-state index in [1.54, 1.807) is 25.1 Å². The van der Waals surface area contributed by atoms with Gasteiger partial charge in [0.05, 0.1) is 42.7 Å². The molecular weight excluding hydrogens is 426 g/mol. The van der Waals surface area contributed by atoms with Crippen LogP contribution in [0.3, 0.4) is 0 Å².